The molecular weight excluding hydrogens is 232 g/mol. The molecule has 0 fully saturated rings. The number of primary amides is 1. The molecule has 0 radical (unpaired) electrons. The van der Waals surface area contributed by atoms with Crippen molar-refractivity contribution in [3.8, 4) is 0 Å². The van der Waals surface area contributed by atoms with Crippen LogP contribution in [0.15, 0.2) is 22.8 Å². The standard InChI is InChI=1S/C9H14N2O4S/c1-2-16(13,14)11(7-9(10)12)6-8-4-3-5-15-8/h3-5H,2,6-7H2,1H3,(H2,10,12). The van der Waals surface area contributed by atoms with Crippen molar-refractivity contribution < 1.29 is 17.6 Å². The molecule has 1 rings (SSSR count). The van der Waals surface area contributed by atoms with Gasteiger partial charge < -0.3 is 10.2 Å². The highest BCUT2D eigenvalue weighted by Crippen LogP contribution is 2.09. The molecule has 1 aromatic rings. The van der Waals surface area contributed by atoms with Crippen LogP contribution in [0.3, 0.4) is 0 Å². The topological polar surface area (TPSA) is 93.6 Å². The maximum atomic E-state index is 11.6. The molecule has 0 aliphatic heterocycles. The minimum Gasteiger partial charge on any atom is -0.468 e. The van der Waals surface area contributed by atoms with E-state index in [4.69, 9.17) is 10.2 Å². The number of furan rings is 1. The van der Waals surface area contributed by atoms with Gasteiger partial charge in [0.1, 0.15) is 5.76 Å². The first-order chi connectivity index (χ1) is 7.45. The Labute approximate surface area is 94.1 Å². The molecule has 90 valence electrons. The van der Waals surface area contributed by atoms with Crippen LogP contribution in [0.25, 0.3) is 0 Å². The van der Waals surface area contributed by atoms with E-state index in [1.807, 2.05) is 0 Å². The van der Waals surface area contributed by atoms with Crippen LogP contribution in [0.1, 0.15) is 12.7 Å². The summed E-state index contributed by atoms with van der Waals surface area (Å²) in [6.07, 6.45) is 1.44. The van der Waals surface area contributed by atoms with Crippen molar-refractivity contribution >= 4 is 15.9 Å². The normalized spacial score (nSPS) is 11.9. The van der Waals surface area contributed by atoms with Gasteiger partial charge in [0.15, 0.2) is 0 Å². The molecule has 0 saturated carbocycles. The van der Waals surface area contributed by atoms with Crippen LogP contribution < -0.4 is 5.73 Å². The van der Waals surface area contributed by atoms with Crippen molar-refractivity contribution in [2.75, 3.05) is 12.3 Å². The van der Waals surface area contributed by atoms with Crippen LogP contribution in [0, 0.1) is 0 Å². The van der Waals surface area contributed by atoms with Crippen LogP contribution in [-0.2, 0) is 21.4 Å². The van der Waals surface area contributed by atoms with Crippen molar-refractivity contribution in [2.24, 2.45) is 5.73 Å². The molecule has 0 aromatic carbocycles. The van der Waals surface area contributed by atoms with Crippen molar-refractivity contribution in [1.82, 2.24) is 4.31 Å². The number of amides is 1. The molecule has 1 heterocycles. The Morgan fingerprint density at radius 2 is 2.25 bits per heavy atom. The average molecular weight is 246 g/mol. The minimum absolute atomic E-state index is 0.0200. The summed E-state index contributed by atoms with van der Waals surface area (Å²) in [5.41, 5.74) is 5.00. The second kappa shape index (κ2) is 5.13. The lowest BCUT2D eigenvalue weighted by atomic mass is 10.4. The first kappa shape index (κ1) is 12.7. The smallest absolute Gasteiger partial charge is 0.232 e. The third-order valence-corrected chi connectivity index (χ3v) is 3.78. The third-order valence-electron chi connectivity index (χ3n) is 2.00. The van der Waals surface area contributed by atoms with E-state index < -0.39 is 15.9 Å². The van der Waals surface area contributed by atoms with Crippen LogP contribution in [0.4, 0.5) is 0 Å². The molecule has 0 aliphatic carbocycles. The molecule has 0 bridgehead atoms. The van der Waals surface area contributed by atoms with Crippen LogP contribution in [-0.4, -0.2) is 30.9 Å². The van der Waals surface area contributed by atoms with Crippen molar-refractivity contribution in [3.05, 3.63) is 24.2 Å². The van der Waals surface area contributed by atoms with Gasteiger partial charge in [0.25, 0.3) is 0 Å². The molecule has 0 spiro atoms. The summed E-state index contributed by atoms with van der Waals surface area (Å²) >= 11 is 0. The fourth-order valence-electron chi connectivity index (χ4n) is 1.19. The molecule has 7 heteroatoms. The Kier molecular flexibility index (Phi) is 4.08. The van der Waals surface area contributed by atoms with Gasteiger partial charge in [-0.25, -0.2) is 8.42 Å². The number of carbonyl (C=O) groups is 1. The van der Waals surface area contributed by atoms with Gasteiger partial charge in [-0.2, -0.15) is 4.31 Å². The second-order valence-corrected chi connectivity index (χ2v) is 5.47. The van der Waals surface area contributed by atoms with Gasteiger partial charge in [-0.15, -0.1) is 0 Å². The van der Waals surface area contributed by atoms with E-state index in [2.05, 4.69) is 0 Å². The highest BCUT2D eigenvalue weighted by molar-refractivity contribution is 7.89. The van der Waals surface area contributed by atoms with E-state index in [1.165, 1.54) is 13.2 Å². The maximum Gasteiger partial charge on any atom is 0.232 e. The van der Waals surface area contributed by atoms with Gasteiger partial charge >= 0.3 is 0 Å². The van der Waals surface area contributed by atoms with E-state index in [-0.39, 0.29) is 18.8 Å². The highest BCUT2D eigenvalue weighted by Gasteiger charge is 2.22. The molecule has 16 heavy (non-hydrogen) atoms. The Hall–Kier alpha value is -1.34. The quantitative estimate of drug-likeness (QED) is 0.759. The van der Waals surface area contributed by atoms with Crippen molar-refractivity contribution in [2.45, 2.75) is 13.5 Å². The zero-order chi connectivity index (χ0) is 12.2. The van der Waals surface area contributed by atoms with E-state index >= 15 is 0 Å². The summed E-state index contributed by atoms with van der Waals surface area (Å²) in [6.45, 7) is 1.19. The molecule has 1 amide bonds. The number of nitrogens with two attached hydrogens (primary N) is 1. The highest BCUT2D eigenvalue weighted by atomic mass is 32.2. The van der Waals surface area contributed by atoms with Gasteiger partial charge in [-0.3, -0.25) is 4.79 Å². The van der Waals surface area contributed by atoms with Crippen LogP contribution >= 0.6 is 0 Å². The first-order valence-corrected chi connectivity index (χ1v) is 6.35. The van der Waals surface area contributed by atoms with Gasteiger partial charge in [0, 0.05) is 0 Å². The predicted octanol–water partition coefficient (Wildman–Crippen LogP) is -0.0834. The SMILES string of the molecule is CCS(=O)(=O)N(CC(N)=O)Cc1ccco1. The molecule has 0 aliphatic rings. The van der Waals surface area contributed by atoms with E-state index in [0.717, 1.165) is 4.31 Å². The maximum absolute atomic E-state index is 11.6. The molecule has 0 atom stereocenters. The zero-order valence-corrected chi connectivity index (χ0v) is 9.74. The van der Waals surface area contributed by atoms with Gasteiger partial charge in [-0.1, -0.05) is 0 Å². The Bertz CT molecular complexity index is 438. The fraction of sp³-hybridized carbons (Fsp3) is 0.444. The van der Waals surface area contributed by atoms with Gasteiger partial charge in [0.2, 0.25) is 15.9 Å². The van der Waals surface area contributed by atoms with E-state index in [1.54, 1.807) is 12.1 Å². The van der Waals surface area contributed by atoms with Gasteiger partial charge in [-0.05, 0) is 19.1 Å². The Morgan fingerprint density at radius 3 is 2.69 bits per heavy atom. The number of sulfonamides is 1. The van der Waals surface area contributed by atoms with E-state index in [9.17, 15) is 13.2 Å². The molecule has 2 N–H and O–H groups in total. The number of rotatable bonds is 6. The second-order valence-electron chi connectivity index (χ2n) is 3.21. The predicted molar refractivity (Wildman–Crippen MR) is 57.8 cm³/mol. The lowest BCUT2D eigenvalue weighted by Crippen LogP contribution is -2.38. The largest absolute Gasteiger partial charge is 0.468 e. The molecular formula is C9H14N2O4S. The summed E-state index contributed by atoms with van der Waals surface area (Å²) in [5.74, 6) is -0.303. The third kappa shape index (κ3) is 3.35. The van der Waals surface area contributed by atoms with Gasteiger partial charge in [0.05, 0.1) is 25.1 Å². The lowest BCUT2D eigenvalue weighted by Gasteiger charge is -2.18. The van der Waals surface area contributed by atoms with Crippen molar-refractivity contribution in [3.63, 3.8) is 0 Å². The summed E-state index contributed by atoms with van der Waals surface area (Å²) < 4.78 is 29.3. The number of hydrogen-bond acceptors (Lipinski definition) is 4. The average Bonchev–Trinajstić information content (AvgIpc) is 2.69. The Morgan fingerprint density at radius 1 is 1.56 bits per heavy atom. The summed E-state index contributed by atoms with van der Waals surface area (Å²) in [4.78, 5) is 10.8. The summed E-state index contributed by atoms with van der Waals surface area (Å²) in [7, 11) is -3.46. The van der Waals surface area contributed by atoms with Crippen LogP contribution in [0.2, 0.25) is 0 Å². The van der Waals surface area contributed by atoms with Crippen molar-refractivity contribution in [1.29, 1.82) is 0 Å². The zero-order valence-electron chi connectivity index (χ0n) is 8.92. The summed E-state index contributed by atoms with van der Waals surface area (Å²) in [6, 6.07) is 3.29. The van der Waals surface area contributed by atoms with E-state index in [0.29, 0.717) is 5.76 Å². The molecule has 1 aromatic heterocycles. The minimum atomic E-state index is -3.46. The number of carbonyl (C=O) groups excluding carboxylic acids is 1. The first-order valence-electron chi connectivity index (χ1n) is 4.74. The Balaban J connectivity index is 2.84. The summed E-state index contributed by atoms with van der Waals surface area (Å²) in [5, 5.41) is 0. The number of nitrogens with zero attached hydrogens (tertiary/aromatic N) is 1. The molecule has 6 nitrogen and oxygen atoms in total. The monoisotopic (exact) mass is 246 g/mol. The van der Waals surface area contributed by atoms with Crippen LogP contribution in [0.5, 0.6) is 0 Å². The lowest BCUT2D eigenvalue weighted by molar-refractivity contribution is -0.118. The number of hydrogen-bond donors (Lipinski definition) is 1. The fourth-order valence-corrected chi connectivity index (χ4v) is 2.20. The molecule has 0 saturated heterocycles. The molecule has 0 unspecified atom stereocenters.